The molecule has 1 heterocycles. The first-order valence-corrected chi connectivity index (χ1v) is 2.90. The minimum Gasteiger partial charge on any atom is -0.307 e. The first kappa shape index (κ1) is 8.16. The second kappa shape index (κ2) is 5.30. The van der Waals surface area contributed by atoms with Crippen LogP contribution < -0.4 is 0 Å². The summed E-state index contributed by atoms with van der Waals surface area (Å²) in [5, 5.41) is 5.25. The van der Waals surface area contributed by atoms with Crippen molar-refractivity contribution in [3.05, 3.63) is 16.9 Å². The van der Waals surface area contributed by atoms with Crippen molar-refractivity contribution < 1.29 is 8.60 Å². The maximum Gasteiger partial charge on any atom is 0.149 e. The second-order valence-electron chi connectivity index (χ2n) is 1.05. The quantitative estimate of drug-likeness (QED) is 0.525. The molecule has 1 rings (SSSR count). The van der Waals surface area contributed by atoms with Gasteiger partial charge in [-0.05, 0) is 6.07 Å². The Balaban J connectivity index is 0.000000291. The van der Waals surface area contributed by atoms with Crippen molar-refractivity contribution >= 4 is 11.3 Å². The van der Waals surface area contributed by atoms with Crippen LogP contribution in [0.1, 0.15) is 0 Å². The fourth-order valence-corrected chi connectivity index (χ4v) is 0.545. The molecule has 3 nitrogen and oxygen atoms in total. The summed E-state index contributed by atoms with van der Waals surface area (Å²) in [5.41, 5.74) is 0. The van der Waals surface area contributed by atoms with Gasteiger partial charge in [-0.25, -0.2) is 4.21 Å². The zero-order valence-corrected chi connectivity index (χ0v) is 5.67. The average molecular weight is 150 g/mol. The van der Waals surface area contributed by atoms with Crippen LogP contribution in [-0.2, 0) is 11.3 Å². The Hall–Kier alpha value is -0.840. The van der Waals surface area contributed by atoms with Crippen LogP contribution in [0, 0.1) is 4.64 Å². The SMILES string of the molecule is CF.O=S=c1cc[nH][nH]1. The van der Waals surface area contributed by atoms with Crippen LogP contribution in [0.15, 0.2) is 12.3 Å². The lowest BCUT2D eigenvalue weighted by molar-refractivity contribution is 0.636. The molecule has 0 radical (unpaired) electrons. The summed E-state index contributed by atoms with van der Waals surface area (Å²) in [6, 6.07) is 1.68. The Bertz CT molecular complexity index is 208. The Labute approximate surface area is 55.0 Å². The van der Waals surface area contributed by atoms with Gasteiger partial charge < -0.3 is 5.10 Å². The molecule has 0 amide bonds. The lowest BCUT2D eigenvalue weighted by atomic mass is 10.8. The molecule has 5 heteroatoms. The standard InChI is InChI=1S/C3H4N2OS.CH3F/c6-7-3-1-2-4-5-3;1-2/h1-2,4-5H;1H3. The van der Waals surface area contributed by atoms with Crippen molar-refractivity contribution in [2.75, 3.05) is 7.18 Å². The molecule has 0 aromatic carbocycles. The largest absolute Gasteiger partial charge is 0.307 e. The summed E-state index contributed by atoms with van der Waals surface area (Å²) in [7, 11) is 0.500. The van der Waals surface area contributed by atoms with Crippen LogP contribution in [0.3, 0.4) is 0 Å². The molecule has 0 aliphatic carbocycles. The number of hydrogen-bond acceptors (Lipinski definition) is 1. The minimum absolute atomic E-state index is 0.439. The van der Waals surface area contributed by atoms with Gasteiger partial charge in [0.25, 0.3) is 0 Å². The highest BCUT2D eigenvalue weighted by Crippen LogP contribution is 1.71. The van der Waals surface area contributed by atoms with Crippen LogP contribution in [0.2, 0.25) is 0 Å². The average Bonchev–Trinajstić information content (AvgIpc) is 2.43. The van der Waals surface area contributed by atoms with E-state index >= 15 is 0 Å². The van der Waals surface area contributed by atoms with E-state index in [1.807, 2.05) is 0 Å². The Morgan fingerprint density at radius 1 is 1.67 bits per heavy atom. The third-order valence-electron chi connectivity index (χ3n) is 0.603. The van der Waals surface area contributed by atoms with Gasteiger partial charge in [-0.2, -0.15) is 0 Å². The van der Waals surface area contributed by atoms with Gasteiger partial charge in [-0.3, -0.25) is 9.49 Å². The number of nitrogens with one attached hydrogen (secondary N) is 2. The van der Waals surface area contributed by atoms with E-state index in [2.05, 4.69) is 10.2 Å². The van der Waals surface area contributed by atoms with Gasteiger partial charge in [0.15, 0.2) is 0 Å². The summed E-state index contributed by atoms with van der Waals surface area (Å²) >= 11 is 0.439. The van der Waals surface area contributed by atoms with E-state index in [0.717, 1.165) is 0 Å². The molecular formula is C4H7FN2OS. The number of H-pyrrole nitrogens is 2. The molecule has 0 unspecified atom stereocenters. The Kier molecular flexibility index (Phi) is 4.81. The Morgan fingerprint density at radius 2 is 2.33 bits per heavy atom. The third kappa shape index (κ3) is 2.86. The number of aromatic amines is 2. The van der Waals surface area contributed by atoms with Crippen molar-refractivity contribution in [3.63, 3.8) is 0 Å². The van der Waals surface area contributed by atoms with E-state index in [9.17, 15) is 8.60 Å². The maximum absolute atomic E-state index is 9.86. The molecule has 0 spiro atoms. The fourth-order valence-electron chi connectivity index (χ4n) is 0.320. The summed E-state index contributed by atoms with van der Waals surface area (Å²) in [4.78, 5) is 0. The molecule has 0 saturated heterocycles. The number of aromatic nitrogens is 2. The summed E-state index contributed by atoms with van der Waals surface area (Å²) in [6.07, 6.45) is 1.67. The highest BCUT2D eigenvalue weighted by atomic mass is 32.1. The lowest BCUT2D eigenvalue weighted by Crippen LogP contribution is -1.61. The molecule has 0 fully saturated rings. The van der Waals surface area contributed by atoms with E-state index in [1.54, 1.807) is 12.3 Å². The molecule has 0 saturated carbocycles. The molecule has 0 aliphatic heterocycles. The molecule has 0 atom stereocenters. The van der Waals surface area contributed by atoms with Gasteiger partial charge in [0.1, 0.15) is 15.9 Å². The van der Waals surface area contributed by atoms with Crippen molar-refractivity contribution in [2.45, 2.75) is 0 Å². The molecule has 9 heavy (non-hydrogen) atoms. The molecule has 52 valence electrons. The topological polar surface area (TPSA) is 48.6 Å². The lowest BCUT2D eigenvalue weighted by Gasteiger charge is -1.58. The molecule has 1 aromatic rings. The van der Waals surface area contributed by atoms with Gasteiger partial charge in [-0.15, -0.1) is 0 Å². The minimum atomic E-state index is 0.439. The van der Waals surface area contributed by atoms with Crippen LogP contribution in [0.5, 0.6) is 0 Å². The maximum atomic E-state index is 9.86. The number of halogens is 1. The highest BCUT2D eigenvalue weighted by Gasteiger charge is 1.69. The first-order chi connectivity index (χ1) is 4.43. The van der Waals surface area contributed by atoms with E-state index in [-0.39, 0.29) is 0 Å². The molecule has 2 N–H and O–H groups in total. The van der Waals surface area contributed by atoms with Crippen LogP contribution in [-0.4, -0.2) is 21.6 Å². The van der Waals surface area contributed by atoms with E-state index in [4.69, 9.17) is 0 Å². The van der Waals surface area contributed by atoms with E-state index < -0.39 is 0 Å². The van der Waals surface area contributed by atoms with Crippen molar-refractivity contribution in [3.8, 4) is 0 Å². The van der Waals surface area contributed by atoms with Gasteiger partial charge in [0.05, 0.1) is 7.18 Å². The summed E-state index contributed by atoms with van der Waals surface area (Å²) in [6.45, 7) is 0. The molecule has 0 aliphatic rings. The van der Waals surface area contributed by atoms with Crippen molar-refractivity contribution in [1.29, 1.82) is 0 Å². The van der Waals surface area contributed by atoms with Gasteiger partial charge in [0.2, 0.25) is 0 Å². The number of rotatable bonds is 0. The fraction of sp³-hybridized carbons (Fsp3) is 0.250. The van der Waals surface area contributed by atoms with E-state index in [1.165, 1.54) is 0 Å². The van der Waals surface area contributed by atoms with Crippen molar-refractivity contribution in [2.24, 2.45) is 0 Å². The Morgan fingerprint density at radius 3 is 2.56 bits per heavy atom. The van der Waals surface area contributed by atoms with Crippen LogP contribution >= 0.6 is 0 Å². The summed E-state index contributed by atoms with van der Waals surface area (Å²) in [5.74, 6) is 0. The van der Waals surface area contributed by atoms with Crippen LogP contribution in [0.25, 0.3) is 0 Å². The predicted octanol–water partition coefficient (Wildman–Crippen LogP) is 0.673. The van der Waals surface area contributed by atoms with Gasteiger partial charge in [-0.1, -0.05) is 0 Å². The summed E-state index contributed by atoms with van der Waals surface area (Å²) < 4.78 is 20.0. The van der Waals surface area contributed by atoms with Crippen molar-refractivity contribution in [1.82, 2.24) is 10.2 Å². The third-order valence-corrected chi connectivity index (χ3v) is 1.02. The molecule has 1 aromatic heterocycles. The number of hydrogen-bond donors (Lipinski definition) is 2. The molecule has 0 bridgehead atoms. The predicted molar refractivity (Wildman–Crippen MR) is 33.6 cm³/mol. The monoisotopic (exact) mass is 150 g/mol. The van der Waals surface area contributed by atoms with Crippen LogP contribution in [0.4, 0.5) is 4.39 Å². The zero-order chi connectivity index (χ0) is 7.11. The van der Waals surface area contributed by atoms with Gasteiger partial charge in [0, 0.05) is 6.20 Å². The highest BCUT2D eigenvalue weighted by molar-refractivity contribution is 7.56. The van der Waals surface area contributed by atoms with E-state index in [0.29, 0.717) is 23.1 Å². The smallest absolute Gasteiger partial charge is 0.149 e. The second-order valence-corrected chi connectivity index (χ2v) is 1.66. The van der Waals surface area contributed by atoms with Gasteiger partial charge >= 0.3 is 0 Å². The molecular weight excluding hydrogens is 143 g/mol. The first-order valence-electron chi connectivity index (χ1n) is 2.16. The zero-order valence-electron chi connectivity index (χ0n) is 4.85. The normalized spacial score (nSPS) is 7.33. The number of alkyl halides is 1.